The van der Waals surface area contributed by atoms with Gasteiger partial charge in [-0.2, -0.15) is 0 Å². The summed E-state index contributed by atoms with van der Waals surface area (Å²) in [6.45, 7) is 2.95. The van der Waals surface area contributed by atoms with Crippen LogP contribution in [0.2, 0.25) is 0 Å². The van der Waals surface area contributed by atoms with Crippen molar-refractivity contribution in [3.05, 3.63) is 16.7 Å². The highest BCUT2D eigenvalue weighted by molar-refractivity contribution is 9.10. The van der Waals surface area contributed by atoms with Crippen molar-refractivity contribution in [1.82, 2.24) is 4.98 Å². The predicted octanol–water partition coefficient (Wildman–Crippen LogP) is 4.17. The van der Waals surface area contributed by atoms with Crippen molar-refractivity contribution in [2.24, 2.45) is 0 Å². The molecule has 2 N–H and O–H groups in total. The maximum atomic E-state index is 5.60. The molecule has 0 spiro atoms. The smallest absolute Gasteiger partial charge is 0.228 e. The van der Waals surface area contributed by atoms with Crippen LogP contribution in [0.5, 0.6) is 5.88 Å². The third kappa shape index (κ3) is 5.91. The Morgan fingerprint density at radius 3 is 2.65 bits per heavy atom. The summed E-state index contributed by atoms with van der Waals surface area (Å²) < 4.78 is 6.41. The molecule has 0 saturated heterocycles. The molecular weight excluding hydrogens is 280 g/mol. The molecule has 4 heteroatoms. The van der Waals surface area contributed by atoms with Crippen LogP contribution in [0.3, 0.4) is 0 Å². The van der Waals surface area contributed by atoms with Gasteiger partial charge in [0, 0.05) is 0 Å². The molecule has 0 atom stereocenters. The van der Waals surface area contributed by atoms with Crippen molar-refractivity contribution in [1.29, 1.82) is 0 Å². The van der Waals surface area contributed by atoms with Gasteiger partial charge in [0.1, 0.15) is 0 Å². The zero-order chi connectivity index (χ0) is 12.5. The highest BCUT2D eigenvalue weighted by Gasteiger charge is 2.02. The van der Waals surface area contributed by atoms with E-state index in [9.17, 15) is 0 Å². The quantitative estimate of drug-likeness (QED) is 0.733. The average Bonchev–Trinajstić information content (AvgIpc) is 2.30. The summed E-state index contributed by atoms with van der Waals surface area (Å²) in [4.78, 5) is 4.13. The lowest BCUT2D eigenvalue weighted by molar-refractivity contribution is 0.291. The molecular formula is C13H21BrN2O. The Labute approximate surface area is 112 Å². The minimum Gasteiger partial charge on any atom is -0.477 e. The van der Waals surface area contributed by atoms with E-state index in [0.717, 1.165) is 17.5 Å². The van der Waals surface area contributed by atoms with Crippen molar-refractivity contribution >= 4 is 21.6 Å². The van der Waals surface area contributed by atoms with E-state index < -0.39 is 0 Å². The van der Waals surface area contributed by atoms with Gasteiger partial charge < -0.3 is 10.5 Å². The fourth-order valence-electron chi connectivity index (χ4n) is 1.60. The summed E-state index contributed by atoms with van der Waals surface area (Å²) in [5.74, 6) is 0.632. The number of hydrogen-bond donors (Lipinski definition) is 1. The molecule has 96 valence electrons. The van der Waals surface area contributed by atoms with Crippen molar-refractivity contribution in [3.8, 4) is 5.88 Å². The van der Waals surface area contributed by atoms with Crippen molar-refractivity contribution < 1.29 is 4.74 Å². The molecule has 0 unspecified atom stereocenters. The Bertz CT molecular complexity index is 331. The topological polar surface area (TPSA) is 48.1 Å². The van der Waals surface area contributed by atoms with Gasteiger partial charge in [-0.05, 0) is 28.4 Å². The van der Waals surface area contributed by atoms with Crippen LogP contribution >= 0.6 is 15.9 Å². The SMILES string of the molecule is CCCCCCCCOc1ncc(N)cc1Br. The number of ether oxygens (including phenoxy) is 1. The monoisotopic (exact) mass is 300 g/mol. The van der Waals surface area contributed by atoms with Crippen molar-refractivity contribution in [2.75, 3.05) is 12.3 Å². The van der Waals surface area contributed by atoms with E-state index in [4.69, 9.17) is 10.5 Å². The largest absolute Gasteiger partial charge is 0.477 e. The lowest BCUT2D eigenvalue weighted by Crippen LogP contribution is -2.00. The van der Waals surface area contributed by atoms with Gasteiger partial charge >= 0.3 is 0 Å². The van der Waals surface area contributed by atoms with Crippen LogP contribution in [-0.2, 0) is 0 Å². The third-order valence-corrected chi connectivity index (χ3v) is 3.13. The first kappa shape index (κ1) is 14.3. The molecule has 0 aliphatic heterocycles. The van der Waals surface area contributed by atoms with Crippen LogP contribution in [0, 0.1) is 0 Å². The summed E-state index contributed by atoms with van der Waals surface area (Å²) in [7, 11) is 0. The number of anilines is 1. The Kier molecular flexibility index (Phi) is 7.01. The minimum absolute atomic E-state index is 0.632. The Hall–Kier alpha value is -0.770. The zero-order valence-electron chi connectivity index (χ0n) is 10.4. The zero-order valence-corrected chi connectivity index (χ0v) is 12.0. The van der Waals surface area contributed by atoms with E-state index in [0.29, 0.717) is 11.6 Å². The Morgan fingerprint density at radius 2 is 1.94 bits per heavy atom. The molecule has 0 saturated carbocycles. The first-order valence-electron chi connectivity index (χ1n) is 6.28. The molecule has 0 aliphatic carbocycles. The molecule has 1 heterocycles. The molecule has 1 aromatic rings. The molecule has 0 aromatic carbocycles. The summed E-state index contributed by atoms with van der Waals surface area (Å²) in [5.41, 5.74) is 6.24. The summed E-state index contributed by atoms with van der Waals surface area (Å²) in [5, 5.41) is 0. The maximum absolute atomic E-state index is 5.60. The molecule has 0 fully saturated rings. The number of halogens is 1. The van der Waals surface area contributed by atoms with E-state index in [1.54, 1.807) is 6.20 Å². The number of nitrogens with zero attached hydrogens (tertiary/aromatic N) is 1. The van der Waals surface area contributed by atoms with E-state index in [2.05, 4.69) is 27.8 Å². The lowest BCUT2D eigenvalue weighted by Gasteiger charge is -2.07. The van der Waals surface area contributed by atoms with E-state index in [1.165, 1.54) is 32.1 Å². The van der Waals surface area contributed by atoms with Gasteiger partial charge in [0.25, 0.3) is 0 Å². The van der Waals surface area contributed by atoms with Crippen LogP contribution in [0.4, 0.5) is 5.69 Å². The molecule has 0 radical (unpaired) electrons. The first-order valence-corrected chi connectivity index (χ1v) is 7.07. The number of hydrogen-bond acceptors (Lipinski definition) is 3. The number of aromatic nitrogens is 1. The van der Waals surface area contributed by atoms with Gasteiger partial charge in [-0.1, -0.05) is 39.0 Å². The number of nitrogen functional groups attached to an aromatic ring is 1. The normalized spacial score (nSPS) is 10.5. The highest BCUT2D eigenvalue weighted by Crippen LogP contribution is 2.24. The first-order chi connectivity index (χ1) is 8.24. The number of nitrogens with two attached hydrogens (primary N) is 1. The maximum Gasteiger partial charge on any atom is 0.228 e. The Balaban J connectivity index is 2.14. The molecule has 0 amide bonds. The molecule has 1 aromatic heterocycles. The summed E-state index contributed by atoms with van der Waals surface area (Å²) in [6.07, 6.45) is 9.19. The van der Waals surface area contributed by atoms with Crippen LogP contribution in [0.25, 0.3) is 0 Å². The number of unbranched alkanes of at least 4 members (excludes halogenated alkanes) is 5. The Morgan fingerprint density at radius 1 is 1.24 bits per heavy atom. The van der Waals surface area contributed by atoms with Gasteiger partial charge in [-0.25, -0.2) is 4.98 Å². The van der Waals surface area contributed by atoms with Gasteiger partial charge in [0.2, 0.25) is 5.88 Å². The standard InChI is InChI=1S/C13H21BrN2O/c1-2-3-4-5-6-7-8-17-13-12(14)9-11(15)10-16-13/h9-10H,2-8,15H2,1H3. The van der Waals surface area contributed by atoms with Crippen LogP contribution < -0.4 is 10.5 Å². The van der Waals surface area contributed by atoms with E-state index in [1.807, 2.05) is 6.07 Å². The van der Waals surface area contributed by atoms with Gasteiger partial charge in [-0.15, -0.1) is 0 Å². The van der Waals surface area contributed by atoms with E-state index in [-0.39, 0.29) is 0 Å². The predicted molar refractivity (Wildman–Crippen MR) is 75.2 cm³/mol. The van der Waals surface area contributed by atoms with Gasteiger partial charge in [0.15, 0.2) is 0 Å². The van der Waals surface area contributed by atoms with Crippen molar-refractivity contribution in [2.45, 2.75) is 45.4 Å². The third-order valence-electron chi connectivity index (χ3n) is 2.57. The van der Waals surface area contributed by atoms with Gasteiger partial charge in [0.05, 0.1) is 23.0 Å². The highest BCUT2D eigenvalue weighted by atomic mass is 79.9. The summed E-state index contributed by atoms with van der Waals surface area (Å²) >= 11 is 3.38. The van der Waals surface area contributed by atoms with Crippen LogP contribution in [0.1, 0.15) is 45.4 Å². The molecule has 1 rings (SSSR count). The fourth-order valence-corrected chi connectivity index (χ4v) is 2.08. The second kappa shape index (κ2) is 8.34. The average molecular weight is 301 g/mol. The molecule has 0 bridgehead atoms. The minimum atomic E-state index is 0.632. The van der Waals surface area contributed by atoms with Crippen molar-refractivity contribution in [3.63, 3.8) is 0 Å². The van der Waals surface area contributed by atoms with Gasteiger partial charge in [-0.3, -0.25) is 0 Å². The lowest BCUT2D eigenvalue weighted by atomic mass is 10.1. The second-order valence-electron chi connectivity index (χ2n) is 4.17. The second-order valence-corrected chi connectivity index (χ2v) is 5.03. The molecule has 3 nitrogen and oxygen atoms in total. The summed E-state index contributed by atoms with van der Waals surface area (Å²) in [6, 6.07) is 1.81. The molecule has 17 heavy (non-hydrogen) atoms. The molecule has 0 aliphatic rings. The number of rotatable bonds is 8. The number of pyridine rings is 1. The fraction of sp³-hybridized carbons (Fsp3) is 0.615. The van der Waals surface area contributed by atoms with Crippen LogP contribution in [-0.4, -0.2) is 11.6 Å². The van der Waals surface area contributed by atoms with Crippen LogP contribution in [0.15, 0.2) is 16.7 Å². The van der Waals surface area contributed by atoms with E-state index >= 15 is 0 Å².